The molecule has 1 amide bonds. The summed E-state index contributed by atoms with van der Waals surface area (Å²) < 4.78 is 30.0. The number of sulfonamides is 1. The van der Waals surface area contributed by atoms with Crippen molar-refractivity contribution in [2.24, 2.45) is 7.05 Å². The number of aryl methyl sites for hydroxylation is 2. The summed E-state index contributed by atoms with van der Waals surface area (Å²) in [6, 6.07) is 23.1. The third-order valence-corrected chi connectivity index (χ3v) is 8.77. The van der Waals surface area contributed by atoms with Crippen molar-refractivity contribution in [3.8, 4) is 0 Å². The van der Waals surface area contributed by atoms with Crippen molar-refractivity contribution in [2.75, 3.05) is 11.4 Å². The maximum Gasteiger partial charge on any atom is 0.258 e. The van der Waals surface area contributed by atoms with E-state index in [4.69, 9.17) is 16.7 Å². The van der Waals surface area contributed by atoms with Crippen LogP contribution in [0.3, 0.4) is 0 Å². The molecule has 0 saturated heterocycles. The number of nitrogens with zero attached hydrogens (tertiary/aromatic N) is 4. The van der Waals surface area contributed by atoms with E-state index in [9.17, 15) is 13.2 Å². The number of para-hydroxylation sites is 1. The summed E-state index contributed by atoms with van der Waals surface area (Å²) in [5, 5.41) is 5.21. The van der Waals surface area contributed by atoms with Gasteiger partial charge in [-0.25, -0.2) is 8.42 Å². The molecule has 0 bridgehead atoms. The molecule has 0 aliphatic carbocycles. The second-order valence-electron chi connectivity index (χ2n) is 9.13. The number of carbonyl (C=O) groups excluding carboxylic acids is 1. The van der Waals surface area contributed by atoms with E-state index in [0.29, 0.717) is 29.2 Å². The van der Waals surface area contributed by atoms with Gasteiger partial charge in [-0.05, 0) is 55.5 Å². The van der Waals surface area contributed by atoms with Crippen molar-refractivity contribution in [1.82, 2.24) is 14.1 Å². The lowest BCUT2D eigenvalue weighted by Crippen LogP contribution is -2.37. The molecule has 4 aromatic rings. The van der Waals surface area contributed by atoms with Gasteiger partial charge >= 0.3 is 0 Å². The number of benzene rings is 3. The van der Waals surface area contributed by atoms with Gasteiger partial charge in [-0.2, -0.15) is 9.40 Å². The number of carbonyl (C=O) groups is 1. The van der Waals surface area contributed by atoms with Crippen LogP contribution in [0, 0.1) is 6.92 Å². The van der Waals surface area contributed by atoms with Crippen molar-refractivity contribution >= 4 is 33.2 Å². The van der Waals surface area contributed by atoms with Gasteiger partial charge in [0.25, 0.3) is 5.91 Å². The minimum Gasteiger partial charge on any atom is -0.302 e. The predicted octanol–water partition coefficient (Wildman–Crippen LogP) is 4.98. The molecule has 1 aromatic heterocycles. The fraction of sp³-hybridized carbons (Fsp3) is 0.214. The molecule has 0 atom stereocenters. The number of anilines is 1. The smallest absolute Gasteiger partial charge is 0.258 e. The van der Waals surface area contributed by atoms with Crippen LogP contribution in [0.2, 0.25) is 5.02 Å². The number of fused-ring (bicyclic) bond motifs is 1. The van der Waals surface area contributed by atoms with E-state index in [1.54, 1.807) is 21.7 Å². The number of hydrogen-bond donors (Lipinski definition) is 0. The van der Waals surface area contributed by atoms with Crippen LogP contribution in [0.5, 0.6) is 0 Å². The molecule has 3 aromatic carbocycles. The average Bonchev–Trinajstić information content (AvgIpc) is 3.22. The predicted molar refractivity (Wildman–Crippen MR) is 144 cm³/mol. The summed E-state index contributed by atoms with van der Waals surface area (Å²) >= 11 is 5.96. The van der Waals surface area contributed by atoms with Crippen molar-refractivity contribution in [3.05, 3.63) is 112 Å². The molecule has 37 heavy (non-hydrogen) atoms. The zero-order valence-electron chi connectivity index (χ0n) is 20.6. The fourth-order valence-corrected chi connectivity index (χ4v) is 6.16. The zero-order valence-corrected chi connectivity index (χ0v) is 22.2. The summed E-state index contributed by atoms with van der Waals surface area (Å²) in [4.78, 5) is 15.5. The Morgan fingerprint density at radius 3 is 2.35 bits per heavy atom. The van der Waals surface area contributed by atoms with E-state index in [1.165, 1.54) is 16.4 Å². The molecule has 0 spiro atoms. The standard InChI is InChI=1S/C28H27ClN4O3S/c1-20-8-10-21(11-9-20)28(34)33(23-6-4-3-5-7-23)19-26-25-18-32(17-16-27(25)31(2)30-26)37(35,36)24-14-12-22(29)13-15-24/h3-15H,16-19H2,1-2H3. The topological polar surface area (TPSA) is 75.5 Å². The van der Waals surface area contributed by atoms with Gasteiger partial charge in [0.2, 0.25) is 10.0 Å². The Hall–Kier alpha value is -3.46. The molecule has 190 valence electrons. The average molecular weight is 535 g/mol. The summed E-state index contributed by atoms with van der Waals surface area (Å²) in [6.45, 7) is 2.73. The number of hydrogen-bond acceptors (Lipinski definition) is 4. The first kappa shape index (κ1) is 25.2. The molecule has 0 N–H and O–H groups in total. The number of halogens is 1. The van der Waals surface area contributed by atoms with E-state index >= 15 is 0 Å². The molecule has 0 fully saturated rings. The van der Waals surface area contributed by atoms with Gasteiger partial charge in [-0.3, -0.25) is 9.48 Å². The summed E-state index contributed by atoms with van der Waals surface area (Å²) in [5.74, 6) is -0.146. The van der Waals surface area contributed by atoms with Gasteiger partial charge in [-0.15, -0.1) is 0 Å². The molecular formula is C28H27ClN4O3S. The number of rotatable bonds is 6. The quantitative estimate of drug-likeness (QED) is 0.350. The van der Waals surface area contributed by atoms with Gasteiger partial charge < -0.3 is 4.90 Å². The molecule has 5 rings (SSSR count). The van der Waals surface area contributed by atoms with Crippen LogP contribution in [0.15, 0.2) is 83.8 Å². The lowest BCUT2D eigenvalue weighted by molar-refractivity contribution is 0.0984. The van der Waals surface area contributed by atoms with Crippen LogP contribution in [-0.2, 0) is 36.6 Å². The summed E-state index contributed by atoms with van der Waals surface area (Å²) in [5.41, 5.74) is 4.89. The van der Waals surface area contributed by atoms with Crippen molar-refractivity contribution < 1.29 is 13.2 Å². The molecule has 2 heterocycles. The van der Waals surface area contributed by atoms with Crippen LogP contribution in [0.25, 0.3) is 0 Å². The molecule has 9 heteroatoms. The Balaban J connectivity index is 1.49. The van der Waals surface area contributed by atoms with E-state index < -0.39 is 10.0 Å². The largest absolute Gasteiger partial charge is 0.302 e. The van der Waals surface area contributed by atoms with Crippen molar-refractivity contribution in [1.29, 1.82) is 0 Å². The first-order chi connectivity index (χ1) is 17.7. The second-order valence-corrected chi connectivity index (χ2v) is 11.5. The van der Waals surface area contributed by atoms with E-state index in [1.807, 2.05) is 68.6 Å². The maximum atomic E-state index is 13.6. The summed E-state index contributed by atoms with van der Waals surface area (Å²) in [6.07, 6.45) is 0.531. The fourth-order valence-electron chi connectivity index (χ4n) is 4.62. The monoisotopic (exact) mass is 534 g/mol. The van der Waals surface area contributed by atoms with Gasteiger partial charge in [0.1, 0.15) is 0 Å². The SMILES string of the molecule is Cc1ccc(C(=O)N(Cc2nn(C)c3c2CN(S(=O)(=O)c2ccc(Cl)cc2)CC3)c2ccccc2)cc1. The first-order valence-electron chi connectivity index (χ1n) is 12.0. The van der Waals surface area contributed by atoms with E-state index in [0.717, 1.165) is 22.5 Å². The molecule has 1 aliphatic rings. The third-order valence-electron chi connectivity index (χ3n) is 6.66. The highest BCUT2D eigenvalue weighted by Crippen LogP contribution is 2.29. The molecule has 0 radical (unpaired) electrons. The lowest BCUT2D eigenvalue weighted by atomic mass is 10.1. The van der Waals surface area contributed by atoms with E-state index in [-0.39, 0.29) is 23.9 Å². The highest BCUT2D eigenvalue weighted by molar-refractivity contribution is 7.89. The van der Waals surface area contributed by atoms with Crippen LogP contribution >= 0.6 is 11.6 Å². The molecule has 7 nitrogen and oxygen atoms in total. The van der Waals surface area contributed by atoms with Crippen LogP contribution < -0.4 is 4.90 Å². The number of amides is 1. The number of aromatic nitrogens is 2. The second kappa shape index (κ2) is 10.1. The molecular weight excluding hydrogens is 508 g/mol. The van der Waals surface area contributed by atoms with Gasteiger partial charge in [0.15, 0.2) is 0 Å². The minimum absolute atomic E-state index is 0.146. The third kappa shape index (κ3) is 5.05. The van der Waals surface area contributed by atoms with Crippen LogP contribution in [-0.4, -0.2) is 35.0 Å². The van der Waals surface area contributed by atoms with Crippen molar-refractivity contribution in [3.63, 3.8) is 0 Å². The van der Waals surface area contributed by atoms with Crippen molar-refractivity contribution in [2.45, 2.75) is 31.3 Å². The summed E-state index contributed by atoms with van der Waals surface area (Å²) in [7, 11) is -1.85. The Kier molecular flexibility index (Phi) is 6.90. The van der Waals surface area contributed by atoms with Crippen LogP contribution in [0.4, 0.5) is 5.69 Å². The highest BCUT2D eigenvalue weighted by Gasteiger charge is 2.33. The van der Waals surface area contributed by atoms with E-state index in [2.05, 4.69) is 0 Å². The van der Waals surface area contributed by atoms with Gasteiger partial charge in [0, 0.05) is 54.1 Å². The first-order valence-corrected chi connectivity index (χ1v) is 13.8. The Morgan fingerprint density at radius 1 is 1.00 bits per heavy atom. The molecule has 0 unspecified atom stereocenters. The highest BCUT2D eigenvalue weighted by atomic mass is 35.5. The lowest BCUT2D eigenvalue weighted by Gasteiger charge is -2.28. The van der Waals surface area contributed by atoms with Gasteiger partial charge in [-0.1, -0.05) is 47.5 Å². The maximum absolute atomic E-state index is 13.6. The Bertz CT molecular complexity index is 1530. The van der Waals surface area contributed by atoms with Gasteiger partial charge in [0.05, 0.1) is 17.1 Å². The Morgan fingerprint density at radius 2 is 1.68 bits per heavy atom. The zero-order chi connectivity index (χ0) is 26.2. The van der Waals surface area contributed by atoms with Crippen LogP contribution in [0.1, 0.15) is 32.9 Å². The molecule has 0 saturated carbocycles. The molecule has 1 aliphatic heterocycles. The minimum atomic E-state index is -3.72. The Labute approximate surface area is 222 Å². The normalized spacial score (nSPS) is 13.8.